The van der Waals surface area contributed by atoms with Gasteiger partial charge in [-0.1, -0.05) is 40.8 Å². The molecular weight excluding hydrogens is 411 g/mol. The number of imidazole rings is 1. The summed E-state index contributed by atoms with van der Waals surface area (Å²) in [5.41, 5.74) is 5.82. The molecule has 3 heterocycles. The molecule has 0 bridgehead atoms. The van der Waals surface area contributed by atoms with Crippen molar-refractivity contribution < 1.29 is 0 Å². The number of hydrogen-bond acceptors (Lipinski definition) is 3. The van der Waals surface area contributed by atoms with Gasteiger partial charge in [0.25, 0.3) is 0 Å². The van der Waals surface area contributed by atoms with Gasteiger partial charge in [0, 0.05) is 40.3 Å². The van der Waals surface area contributed by atoms with Crippen molar-refractivity contribution in [2.45, 2.75) is 10.3 Å². The van der Waals surface area contributed by atoms with Crippen molar-refractivity contribution in [2.75, 3.05) is 0 Å². The molecule has 5 heteroatoms. The van der Waals surface area contributed by atoms with E-state index in [-0.39, 0.29) is 5.92 Å². The van der Waals surface area contributed by atoms with E-state index in [1.165, 1.54) is 16.5 Å². The van der Waals surface area contributed by atoms with Crippen LogP contribution in [0.1, 0.15) is 28.3 Å². The number of nitrogens with zero attached hydrogens (tertiary/aromatic N) is 3. The minimum Gasteiger partial charge on any atom is -0.348 e. The summed E-state index contributed by atoms with van der Waals surface area (Å²) in [6, 6.07) is 12.5. The Morgan fingerprint density at radius 3 is 2.67 bits per heavy atom. The SMILES string of the molecule is ICc1c(C(c2cccnc2)c2cnc[nH]2)ccc2ncccc12. The van der Waals surface area contributed by atoms with Crippen LogP contribution in [-0.4, -0.2) is 19.9 Å². The molecule has 118 valence electrons. The first kappa shape index (κ1) is 15.3. The Balaban J connectivity index is 1.98. The maximum absolute atomic E-state index is 4.49. The lowest BCUT2D eigenvalue weighted by molar-refractivity contribution is 0.914. The summed E-state index contributed by atoms with van der Waals surface area (Å²) in [5.74, 6) is 0.0792. The van der Waals surface area contributed by atoms with Crippen LogP contribution in [0, 0.1) is 0 Å². The number of rotatable bonds is 4. The molecule has 1 unspecified atom stereocenters. The lowest BCUT2D eigenvalue weighted by Gasteiger charge is -2.20. The van der Waals surface area contributed by atoms with Gasteiger partial charge in [-0.05, 0) is 34.9 Å². The van der Waals surface area contributed by atoms with E-state index in [1.807, 2.05) is 30.7 Å². The van der Waals surface area contributed by atoms with E-state index in [1.54, 1.807) is 12.5 Å². The zero-order valence-electron chi connectivity index (χ0n) is 12.9. The zero-order chi connectivity index (χ0) is 16.4. The highest BCUT2D eigenvalue weighted by Gasteiger charge is 2.22. The number of halogens is 1. The minimum absolute atomic E-state index is 0.0792. The first-order valence-electron chi connectivity index (χ1n) is 7.69. The summed E-state index contributed by atoms with van der Waals surface area (Å²) in [5, 5.41) is 1.21. The van der Waals surface area contributed by atoms with Crippen LogP contribution in [-0.2, 0) is 4.43 Å². The van der Waals surface area contributed by atoms with Gasteiger partial charge < -0.3 is 4.98 Å². The fourth-order valence-corrected chi connectivity index (χ4v) is 4.00. The zero-order valence-corrected chi connectivity index (χ0v) is 15.0. The summed E-state index contributed by atoms with van der Waals surface area (Å²) < 4.78 is 0.918. The van der Waals surface area contributed by atoms with E-state index in [2.05, 4.69) is 66.8 Å². The summed E-state index contributed by atoms with van der Waals surface area (Å²) in [6.45, 7) is 0. The Morgan fingerprint density at radius 2 is 1.92 bits per heavy atom. The second-order valence-corrected chi connectivity index (χ2v) is 6.33. The standard InChI is InChI=1S/C19H15IN4/c20-9-16-14-4-2-8-23-17(14)6-5-15(16)19(18-11-22-12-24-18)13-3-1-7-21-10-13/h1-8,10-12,19H,9H2,(H,22,24). The molecule has 4 nitrogen and oxygen atoms in total. The van der Waals surface area contributed by atoms with Gasteiger partial charge in [0.05, 0.1) is 17.8 Å². The number of nitrogens with one attached hydrogen (secondary N) is 1. The van der Waals surface area contributed by atoms with Gasteiger partial charge in [-0.3, -0.25) is 9.97 Å². The fourth-order valence-electron chi connectivity index (χ4n) is 3.15. The molecule has 24 heavy (non-hydrogen) atoms. The Kier molecular flexibility index (Phi) is 4.25. The molecule has 0 fully saturated rings. The number of aromatic nitrogens is 4. The van der Waals surface area contributed by atoms with Gasteiger partial charge in [0.15, 0.2) is 0 Å². The van der Waals surface area contributed by atoms with Crippen molar-refractivity contribution in [2.24, 2.45) is 0 Å². The number of benzene rings is 1. The average Bonchev–Trinajstić information content (AvgIpc) is 3.17. The highest BCUT2D eigenvalue weighted by molar-refractivity contribution is 14.1. The largest absolute Gasteiger partial charge is 0.348 e. The maximum Gasteiger partial charge on any atom is 0.0922 e. The summed E-state index contributed by atoms with van der Waals surface area (Å²) in [6.07, 6.45) is 9.19. The molecular formula is C19H15IN4. The quantitative estimate of drug-likeness (QED) is 0.387. The minimum atomic E-state index is 0.0792. The smallest absolute Gasteiger partial charge is 0.0922 e. The monoisotopic (exact) mass is 426 g/mol. The van der Waals surface area contributed by atoms with Crippen LogP contribution in [0.15, 0.2) is 67.5 Å². The number of alkyl halides is 1. The van der Waals surface area contributed by atoms with Gasteiger partial charge >= 0.3 is 0 Å². The van der Waals surface area contributed by atoms with Crippen LogP contribution < -0.4 is 0 Å². The van der Waals surface area contributed by atoms with Gasteiger partial charge in [0.2, 0.25) is 0 Å². The van der Waals surface area contributed by atoms with Crippen LogP contribution in [0.3, 0.4) is 0 Å². The topological polar surface area (TPSA) is 54.5 Å². The van der Waals surface area contributed by atoms with Crippen molar-refractivity contribution in [1.29, 1.82) is 0 Å². The van der Waals surface area contributed by atoms with Crippen molar-refractivity contribution in [3.05, 3.63) is 89.9 Å². The van der Waals surface area contributed by atoms with Gasteiger partial charge in [-0.15, -0.1) is 0 Å². The third-order valence-corrected chi connectivity index (χ3v) is 4.99. The average molecular weight is 426 g/mol. The molecule has 1 atom stereocenters. The fraction of sp³-hybridized carbons (Fsp3) is 0.105. The van der Waals surface area contributed by atoms with Gasteiger partial charge in [-0.2, -0.15) is 0 Å². The lowest BCUT2D eigenvalue weighted by atomic mass is 9.86. The van der Waals surface area contributed by atoms with E-state index in [4.69, 9.17) is 0 Å². The molecule has 0 saturated heterocycles. The lowest BCUT2D eigenvalue weighted by Crippen LogP contribution is -2.07. The van der Waals surface area contributed by atoms with Crippen LogP contribution >= 0.6 is 22.6 Å². The predicted molar refractivity (Wildman–Crippen MR) is 103 cm³/mol. The second kappa shape index (κ2) is 6.68. The number of fused-ring (bicyclic) bond motifs is 1. The first-order chi connectivity index (χ1) is 11.9. The van der Waals surface area contributed by atoms with Crippen molar-refractivity contribution in [1.82, 2.24) is 19.9 Å². The van der Waals surface area contributed by atoms with E-state index in [0.29, 0.717) is 0 Å². The number of pyridine rings is 2. The predicted octanol–water partition coefficient (Wildman–Crippen LogP) is 4.47. The molecule has 1 aromatic carbocycles. The van der Waals surface area contributed by atoms with Crippen LogP contribution in [0.5, 0.6) is 0 Å². The molecule has 4 rings (SSSR count). The van der Waals surface area contributed by atoms with Crippen molar-refractivity contribution in [3.8, 4) is 0 Å². The first-order valence-corrected chi connectivity index (χ1v) is 9.21. The Labute approximate surface area is 153 Å². The third-order valence-electron chi connectivity index (χ3n) is 4.23. The molecule has 0 saturated carbocycles. The second-order valence-electron chi connectivity index (χ2n) is 5.56. The summed E-state index contributed by atoms with van der Waals surface area (Å²) in [7, 11) is 0. The molecule has 0 aliphatic heterocycles. The number of hydrogen-bond donors (Lipinski definition) is 1. The summed E-state index contributed by atoms with van der Waals surface area (Å²) in [4.78, 5) is 16.3. The highest BCUT2D eigenvalue weighted by Crippen LogP contribution is 2.36. The molecule has 3 aromatic heterocycles. The molecule has 0 aliphatic rings. The van der Waals surface area contributed by atoms with E-state index in [9.17, 15) is 0 Å². The Hall–Kier alpha value is -2.28. The molecule has 0 aliphatic carbocycles. The Bertz CT molecular complexity index is 952. The van der Waals surface area contributed by atoms with Crippen LogP contribution in [0.4, 0.5) is 0 Å². The third kappa shape index (κ3) is 2.69. The molecule has 0 amide bonds. The van der Waals surface area contributed by atoms with Gasteiger partial charge in [-0.25, -0.2) is 4.98 Å². The number of aromatic amines is 1. The number of H-pyrrole nitrogens is 1. The van der Waals surface area contributed by atoms with E-state index < -0.39 is 0 Å². The summed E-state index contributed by atoms with van der Waals surface area (Å²) >= 11 is 2.43. The van der Waals surface area contributed by atoms with E-state index >= 15 is 0 Å². The van der Waals surface area contributed by atoms with Crippen molar-refractivity contribution >= 4 is 33.5 Å². The van der Waals surface area contributed by atoms with Crippen LogP contribution in [0.2, 0.25) is 0 Å². The molecule has 4 aromatic rings. The molecule has 0 spiro atoms. The highest BCUT2D eigenvalue weighted by atomic mass is 127. The normalized spacial score (nSPS) is 12.4. The molecule has 0 radical (unpaired) electrons. The van der Waals surface area contributed by atoms with Gasteiger partial charge in [0.1, 0.15) is 0 Å². The van der Waals surface area contributed by atoms with Crippen LogP contribution in [0.25, 0.3) is 10.9 Å². The maximum atomic E-state index is 4.49. The molecule has 1 N–H and O–H groups in total. The van der Waals surface area contributed by atoms with E-state index in [0.717, 1.165) is 21.2 Å². The Morgan fingerprint density at radius 1 is 1.00 bits per heavy atom. The van der Waals surface area contributed by atoms with Crippen molar-refractivity contribution in [3.63, 3.8) is 0 Å².